The lowest BCUT2D eigenvalue weighted by atomic mass is 9.96. The van der Waals surface area contributed by atoms with Gasteiger partial charge in [-0.3, -0.25) is 0 Å². The molecular formula is C11H17NOS. The summed E-state index contributed by atoms with van der Waals surface area (Å²) >= 11 is 1.83. The molecule has 0 radical (unpaired) electrons. The smallest absolute Gasteiger partial charge is 0.0801 e. The Morgan fingerprint density at radius 1 is 1.71 bits per heavy atom. The first-order chi connectivity index (χ1) is 6.66. The van der Waals surface area contributed by atoms with Gasteiger partial charge in [0, 0.05) is 15.8 Å². The topological polar surface area (TPSA) is 46.2 Å². The molecular weight excluding hydrogens is 194 g/mol. The summed E-state index contributed by atoms with van der Waals surface area (Å²) in [7, 11) is 0. The predicted octanol–water partition coefficient (Wildman–Crippen LogP) is 2.01. The standard InChI is InChI=1S/C11H17NOS/c1-7(12)5-8-6-9-10(13)3-2-4-11(9)14-8/h6-7,10,13H,2-5,12H2,1H3. The highest BCUT2D eigenvalue weighted by atomic mass is 32.1. The Labute approximate surface area is 88.8 Å². The van der Waals surface area contributed by atoms with Crippen LogP contribution < -0.4 is 5.73 Å². The maximum absolute atomic E-state index is 9.78. The first kappa shape index (κ1) is 10.1. The number of nitrogens with two attached hydrogens (primary N) is 1. The lowest BCUT2D eigenvalue weighted by Gasteiger charge is -2.16. The van der Waals surface area contributed by atoms with E-state index in [1.54, 1.807) is 0 Å². The van der Waals surface area contributed by atoms with Crippen LogP contribution in [0.2, 0.25) is 0 Å². The quantitative estimate of drug-likeness (QED) is 0.786. The van der Waals surface area contributed by atoms with Gasteiger partial charge in [0.1, 0.15) is 0 Å². The maximum atomic E-state index is 9.78. The summed E-state index contributed by atoms with van der Waals surface area (Å²) in [5, 5.41) is 9.78. The average molecular weight is 211 g/mol. The summed E-state index contributed by atoms with van der Waals surface area (Å²) in [6, 6.07) is 2.36. The molecule has 1 aliphatic carbocycles. The second-order valence-corrected chi connectivity index (χ2v) is 5.40. The number of rotatable bonds is 2. The third-order valence-electron chi connectivity index (χ3n) is 2.66. The molecule has 1 aliphatic rings. The van der Waals surface area contributed by atoms with Gasteiger partial charge in [-0.25, -0.2) is 0 Å². The van der Waals surface area contributed by atoms with Crippen LogP contribution in [0.15, 0.2) is 6.07 Å². The van der Waals surface area contributed by atoms with E-state index >= 15 is 0 Å². The number of aliphatic hydroxyl groups excluding tert-OH is 1. The molecule has 0 aromatic carbocycles. The number of aliphatic hydroxyl groups is 1. The Kier molecular flexibility index (Phi) is 2.91. The van der Waals surface area contributed by atoms with Gasteiger partial charge in [-0.2, -0.15) is 0 Å². The van der Waals surface area contributed by atoms with Gasteiger partial charge in [0.05, 0.1) is 6.10 Å². The summed E-state index contributed by atoms with van der Waals surface area (Å²) in [6.45, 7) is 2.02. The fourth-order valence-corrected chi connectivity index (χ4v) is 3.42. The lowest BCUT2D eigenvalue weighted by Crippen LogP contribution is -2.16. The molecule has 2 atom stereocenters. The van der Waals surface area contributed by atoms with Crippen LogP contribution in [0.5, 0.6) is 0 Å². The van der Waals surface area contributed by atoms with Crippen LogP contribution in [-0.4, -0.2) is 11.1 Å². The number of hydrogen-bond donors (Lipinski definition) is 2. The van der Waals surface area contributed by atoms with Crippen molar-refractivity contribution in [1.29, 1.82) is 0 Å². The minimum atomic E-state index is -0.225. The summed E-state index contributed by atoms with van der Waals surface area (Å²) in [5.41, 5.74) is 6.92. The van der Waals surface area contributed by atoms with Gasteiger partial charge >= 0.3 is 0 Å². The SMILES string of the molecule is CC(N)Cc1cc2c(s1)CCCC2O. The second-order valence-electron chi connectivity index (χ2n) is 4.18. The molecule has 78 valence electrons. The molecule has 2 rings (SSSR count). The van der Waals surface area contributed by atoms with Crippen molar-refractivity contribution in [3.8, 4) is 0 Å². The summed E-state index contributed by atoms with van der Waals surface area (Å²) < 4.78 is 0. The summed E-state index contributed by atoms with van der Waals surface area (Å²) in [4.78, 5) is 2.70. The molecule has 0 bridgehead atoms. The van der Waals surface area contributed by atoms with Crippen molar-refractivity contribution in [2.75, 3.05) is 0 Å². The van der Waals surface area contributed by atoms with Crippen molar-refractivity contribution >= 4 is 11.3 Å². The van der Waals surface area contributed by atoms with Crippen molar-refractivity contribution in [3.05, 3.63) is 21.4 Å². The largest absolute Gasteiger partial charge is 0.388 e. The molecule has 3 heteroatoms. The van der Waals surface area contributed by atoms with Crippen LogP contribution in [0, 0.1) is 0 Å². The van der Waals surface area contributed by atoms with E-state index in [1.165, 1.54) is 9.75 Å². The molecule has 1 aromatic rings. The van der Waals surface area contributed by atoms with E-state index in [4.69, 9.17) is 5.73 Å². The van der Waals surface area contributed by atoms with E-state index in [1.807, 2.05) is 18.3 Å². The highest BCUT2D eigenvalue weighted by Crippen LogP contribution is 2.35. The Balaban J connectivity index is 2.21. The fraction of sp³-hybridized carbons (Fsp3) is 0.636. The summed E-state index contributed by atoms with van der Waals surface area (Å²) in [5.74, 6) is 0. The fourth-order valence-electron chi connectivity index (χ4n) is 2.01. The van der Waals surface area contributed by atoms with Gasteiger partial charge in [0.15, 0.2) is 0 Å². The Bertz CT molecular complexity index is 319. The van der Waals surface area contributed by atoms with E-state index < -0.39 is 0 Å². The number of thiophene rings is 1. The molecule has 3 N–H and O–H groups in total. The van der Waals surface area contributed by atoms with E-state index in [9.17, 15) is 5.11 Å². The maximum Gasteiger partial charge on any atom is 0.0801 e. The van der Waals surface area contributed by atoms with E-state index in [0.29, 0.717) is 0 Å². The minimum Gasteiger partial charge on any atom is -0.388 e. The lowest BCUT2D eigenvalue weighted by molar-refractivity contribution is 0.157. The zero-order chi connectivity index (χ0) is 10.1. The van der Waals surface area contributed by atoms with Crippen molar-refractivity contribution in [3.63, 3.8) is 0 Å². The molecule has 0 spiro atoms. The Morgan fingerprint density at radius 2 is 2.50 bits per heavy atom. The van der Waals surface area contributed by atoms with Gasteiger partial charge in [-0.05, 0) is 44.2 Å². The first-order valence-electron chi connectivity index (χ1n) is 5.22. The van der Waals surface area contributed by atoms with Gasteiger partial charge in [-0.1, -0.05) is 0 Å². The predicted molar refractivity (Wildman–Crippen MR) is 59.6 cm³/mol. The normalized spacial score (nSPS) is 23.2. The molecule has 1 aromatic heterocycles. The minimum absolute atomic E-state index is 0.215. The third-order valence-corrected chi connectivity index (χ3v) is 3.89. The van der Waals surface area contributed by atoms with Gasteiger partial charge in [-0.15, -0.1) is 11.3 Å². The third kappa shape index (κ3) is 2.00. The van der Waals surface area contributed by atoms with E-state index in [0.717, 1.165) is 31.2 Å². The van der Waals surface area contributed by atoms with Gasteiger partial charge in [0.25, 0.3) is 0 Å². The molecule has 2 unspecified atom stereocenters. The second kappa shape index (κ2) is 4.01. The zero-order valence-corrected chi connectivity index (χ0v) is 9.31. The van der Waals surface area contributed by atoms with Gasteiger partial charge < -0.3 is 10.8 Å². The molecule has 1 heterocycles. The number of fused-ring (bicyclic) bond motifs is 1. The highest BCUT2D eigenvalue weighted by Gasteiger charge is 2.20. The van der Waals surface area contributed by atoms with Crippen molar-refractivity contribution in [2.24, 2.45) is 5.73 Å². The summed E-state index contributed by atoms with van der Waals surface area (Å²) in [6.07, 6.45) is 3.88. The first-order valence-corrected chi connectivity index (χ1v) is 6.03. The van der Waals surface area contributed by atoms with Crippen LogP contribution in [0.3, 0.4) is 0 Å². The van der Waals surface area contributed by atoms with E-state index in [2.05, 4.69) is 6.07 Å². The number of aryl methyl sites for hydroxylation is 1. The molecule has 0 aliphatic heterocycles. The van der Waals surface area contributed by atoms with Gasteiger partial charge in [0.2, 0.25) is 0 Å². The number of hydrogen-bond acceptors (Lipinski definition) is 3. The Morgan fingerprint density at radius 3 is 3.14 bits per heavy atom. The zero-order valence-electron chi connectivity index (χ0n) is 8.49. The van der Waals surface area contributed by atoms with Crippen molar-refractivity contribution in [2.45, 2.75) is 44.8 Å². The molecule has 0 saturated heterocycles. The molecule has 0 amide bonds. The van der Waals surface area contributed by atoms with Crippen molar-refractivity contribution < 1.29 is 5.11 Å². The van der Waals surface area contributed by atoms with Crippen molar-refractivity contribution in [1.82, 2.24) is 0 Å². The Hall–Kier alpha value is -0.380. The van der Waals surface area contributed by atoms with Crippen LogP contribution in [0.1, 0.15) is 41.2 Å². The van der Waals surface area contributed by atoms with E-state index in [-0.39, 0.29) is 12.1 Å². The monoisotopic (exact) mass is 211 g/mol. The molecule has 0 saturated carbocycles. The molecule has 2 nitrogen and oxygen atoms in total. The average Bonchev–Trinajstić information content (AvgIpc) is 2.47. The molecule has 14 heavy (non-hydrogen) atoms. The van der Waals surface area contributed by atoms with Crippen LogP contribution in [0.25, 0.3) is 0 Å². The highest BCUT2D eigenvalue weighted by molar-refractivity contribution is 7.12. The molecule has 0 fully saturated rings. The van der Waals surface area contributed by atoms with Crippen LogP contribution >= 0.6 is 11.3 Å². The van der Waals surface area contributed by atoms with Crippen LogP contribution in [0.4, 0.5) is 0 Å². The van der Waals surface area contributed by atoms with Crippen LogP contribution in [-0.2, 0) is 12.8 Å².